The first-order valence-corrected chi connectivity index (χ1v) is 7.75. The van der Waals surface area contributed by atoms with Crippen LogP contribution in [0.5, 0.6) is 0 Å². The van der Waals surface area contributed by atoms with E-state index in [1.54, 1.807) is 7.05 Å². The quantitative estimate of drug-likeness (QED) is 0.501. The van der Waals surface area contributed by atoms with Crippen LogP contribution in [0.15, 0.2) is 60.3 Å². The maximum absolute atomic E-state index is 11.8. The SMILES string of the molecule is C=C(C(=O)NC)c1ccccc1CO/N=C(\C)c1cccc(C)c1. The second-order valence-electron chi connectivity index (χ2n) is 5.53. The monoisotopic (exact) mass is 322 g/mol. The van der Waals surface area contributed by atoms with Crippen molar-refractivity contribution < 1.29 is 9.63 Å². The van der Waals surface area contributed by atoms with Gasteiger partial charge >= 0.3 is 0 Å². The zero-order valence-corrected chi connectivity index (χ0v) is 14.3. The van der Waals surface area contributed by atoms with Gasteiger partial charge in [0.15, 0.2) is 0 Å². The molecule has 4 nitrogen and oxygen atoms in total. The van der Waals surface area contributed by atoms with Gasteiger partial charge in [-0.25, -0.2) is 0 Å². The van der Waals surface area contributed by atoms with Crippen molar-refractivity contribution in [3.8, 4) is 0 Å². The minimum Gasteiger partial charge on any atom is -0.391 e. The fourth-order valence-electron chi connectivity index (χ4n) is 2.34. The summed E-state index contributed by atoms with van der Waals surface area (Å²) in [5, 5.41) is 6.77. The summed E-state index contributed by atoms with van der Waals surface area (Å²) >= 11 is 0. The maximum atomic E-state index is 11.8. The molecule has 0 spiro atoms. The average molecular weight is 322 g/mol. The van der Waals surface area contributed by atoms with E-state index in [1.807, 2.05) is 56.3 Å². The number of nitrogens with zero attached hydrogens (tertiary/aromatic N) is 1. The van der Waals surface area contributed by atoms with Crippen LogP contribution in [0.3, 0.4) is 0 Å². The molecule has 2 aromatic rings. The zero-order chi connectivity index (χ0) is 17.5. The third-order valence-corrected chi connectivity index (χ3v) is 3.70. The highest BCUT2D eigenvalue weighted by molar-refractivity contribution is 6.18. The summed E-state index contributed by atoms with van der Waals surface area (Å²) in [7, 11) is 1.59. The van der Waals surface area contributed by atoms with Gasteiger partial charge in [0.25, 0.3) is 5.91 Å². The van der Waals surface area contributed by atoms with Crippen molar-refractivity contribution >= 4 is 17.2 Å². The third-order valence-electron chi connectivity index (χ3n) is 3.70. The van der Waals surface area contributed by atoms with E-state index >= 15 is 0 Å². The summed E-state index contributed by atoms with van der Waals surface area (Å²) in [5.74, 6) is -0.207. The first-order valence-electron chi connectivity index (χ1n) is 7.75. The van der Waals surface area contributed by atoms with Crippen LogP contribution in [0.2, 0.25) is 0 Å². The number of benzene rings is 2. The van der Waals surface area contributed by atoms with Gasteiger partial charge in [0.05, 0.1) is 5.71 Å². The zero-order valence-electron chi connectivity index (χ0n) is 14.3. The number of nitrogens with one attached hydrogen (secondary N) is 1. The topological polar surface area (TPSA) is 50.7 Å². The van der Waals surface area contributed by atoms with Crippen LogP contribution in [0.4, 0.5) is 0 Å². The fourth-order valence-corrected chi connectivity index (χ4v) is 2.34. The molecule has 4 heteroatoms. The predicted molar refractivity (Wildman–Crippen MR) is 97.7 cm³/mol. The van der Waals surface area contributed by atoms with Gasteiger partial charge in [-0.1, -0.05) is 65.8 Å². The first kappa shape index (κ1) is 17.5. The van der Waals surface area contributed by atoms with E-state index < -0.39 is 0 Å². The molecule has 2 aromatic carbocycles. The molecule has 0 fully saturated rings. The minimum atomic E-state index is -0.207. The van der Waals surface area contributed by atoms with E-state index in [0.29, 0.717) is 5.57 Å². The number of likely N-dealkylation sites (N-methyl/N-ethyl adjacent to an activating group) is 1. The lowest BCUT2D eigenvalue weighted by Gasteiger charge is -2.10. The molecule has 0 saturated carbocycles. The van der Waals surface area contributed by atoms with Crippen molar-refractivity contribution in [2.24, 2.45) is 5.16 Å². The Labute approximate surface area is 142 Å². The molecule has 0 bridgehead atoms. The van der Waals surface area contributed by atoms with Gasteiger partial charge in [-0.05, 0) is 30.5 Å². The second-order valence-corrected chi connectivity index (χ2v) is 5.53. The lowest BCUT2D eigenvalue weighted by Crippen LogP contribution is -2.19. The van der Waals surface area contributed by atoms with Gasteiger partial charge in [-0.15, -0.1) is 0 Å². The van der Waals surface area contributed by atoms with Crippen LogP contribution in [0, 0.1) is 6.92 Å². The Bertz CT molecular complexity index is 779. The number of carbonyl (C=O) groups is 1. The van der Waals surface area contributed by atoms with E-state index in [0.717, 1.165) is 22.4 Å². The Hall–Kier alpha value is -2.88. The van der Waals surface area contributed by atoms with Crippen LogP contribution in [-0.2, 0) is 16.2 Å². The van der Waals surface area contributed by atoms with Crippen LogP contribution in [0.1, 0.15) is 29.2 Å². The van der Waals surface area contributed by atoms with E-state index in [2.05, 4.69) is 23.1 Å². The van der Waals surface area contributed by atoms with Gasteiger partial charge in [0.2, 0.25) is 0 Å². The Morgan fingerprint density at radius 3 is 2.67 bits per heavy atom. The highest BCUT2D eigenvalue weighted by Gasteiger charge is 2.11. The second kappa shape index (κ2) is 8.11. The fraction of sp³-hybridized carbons (Fsp3) is 0.200. The number of aryl methyl sites for hydroxylation is 1. The summed E-state index contributed by atoms with van der Waals surface area (Å²) in [5.41, 5.74) is 5.05. The minimum absolute atomic E-state index is 0.207. The Kier molecular flexibility index (Phi) is 5.90. The normalized spacial score (nSPS) is 11.0. The predicted octanol–water partition coefficient (Wildman–Crippen LogP) is 3.70. The molecule has 0 aliphatic rings. The van der Waals surface area contributed by atoms with Crippen molar-refractivity contribution in [2.75, 3.05) is 7.05 Å². The molecule has 2 rings (SSSR count). The Morgan fingerprint density at radius 2 is 1.96 bits per heavy atom. The summed E-state index contributed by atoms with van der Waals surface area (Å²) in [6.07, 6.45) is 0. The molecular weight excluding hydrogens is 300 g/mol. The van der Waals surface area contributed by atoms with E-state index in [-0.39, 0.29) is 12.5 Å². The van der Waals surface area contributed by atoms with E-state index in [9.17, 15) is 4.79 Å². The molecule has 1 N–H and O–H groups in total. The summed E-state index contributed by atoms with van der Waals surface area (Å²) in [6.45, 7) is 8.07. The molecule has 0 radical (unpaired) electrons. The molecule has 24 heavy (non-hydrogen) atoms. The molecule has 124 valence electrons. The summed E-state index contributed by atoms with van der Waals surface area (Å²) in [4.78, 5) is 17.3. The first-order chi connectivity index (χ1) is 11.5. The van der Waals surface area contributed by atoms with E-state index in [1.165, 1.54) is 5.56 Å². The van der Waals surface area contributed by atoms with Gasteiger partial charge < -0.3 is 10.2 Å². The summed E-state index contributed by atoms with van der Waals surface area (Å²) in [6, 6.07) is 15.6. The van der Waals surface area contributed by atoms with E-state index in [4.69, 9.17) is 4.84 Å². The summed E-state index contributed by atoms with van der Waals surface area (Å²) < 4.78 is 0. The smallest absolute Gasteiger partial charge is 0.251 e. The molecule has 0 atom stereocenters. The molecule has 1 amide bonds. The van der Waals surface area contributed by atoms with Gasteiger partial charge in [-0.2, -0.15) is 0 Å². The molecular formula is C20H22N2O2. The number of carbonyl (C=O) groups excluding carboxylic acids is 1. The molecule has 0 saturated heterocycles. The van der Waals surface area contributed by atoms with Crippen LogP contribution in [0.25, 0.3) is 5.57 Å². The maximum Gasteiger partial charge on any atom is 0.251 e. The van der Waals surface area contributed by atoms with Crippen LogP contribution < -0.4 is 5.32 Å². The van der Waals surface area contributed by atoms with Gasteiger partial charge in [0, 0.05) is 12.6 Å². The van der Waals surface area contributed by atoms with Gasteiger partial charge in [-0.3, -0.25) is 4.79 Å². The average Bonchev–Trinajstić information content (AvgIpc) is 2.60. The van der Waals surface area contributed by atoms with Crippen LogP contribution in [-0.4, -0.2) is 18.7 Å². The largest absolute Gasteiger partial charge is 0.391 e. The number of hydrogen-bond acceptors (Lipinski definition) is 3. The Morgan fingerprint density at radius 1 is 1.21 bits per heavy atom. The van der Waals surface area contributed by atoms with Crippen molar-refractivity contribution in [3.05, 3.63) is 77.4 Å². The molecule has 0 aliphatic heterocycles. The van der Waals surface area contributed by atoms with Crippen molar-refractivity contribution in [1.29, 1.82) is 0 Å². The number of oxime groups is 1. The third kappa shape index (κ3) is 4.32. The van der Waals surface area contributed by atoms with Crippen molar-refractivity contribution in [3.63, 3.8) is 0 Å². The number of amides is 1. The highest BCUT2D eigenvalue weighted by atomic mass is 16.6. The van der Waals surface area contributed by atoms with Crippen molar-refractivity contribution in [1.82, 2.24) is 5.32 Å². The standard InChI is InChI=1S/C20H22N2O2/c1-14-8-7-10-17(12-14)16(3)22-24-13-18-9-5-6-11-19(18)15(2)20(23)21-4/h5-12H,2,13H2,1,3-4H3,(H,21,23)/b22-16+. The lowest BCUT2D eigenvalue weighted by molar-refractivity contribution is -0.115. The lowest BCUT2D eigenvalue weighted by atomic mass is 10.0. The highest BCUT2D eigenvalue weighted by Crippen LogP contribution is 2.19. The number of hydrogen-bond donors (Lipinski definition) is 1. The van der Waals surface area contributed by atoms with Crippen molar-refractivity contribution in [2.45, 2.75) is 20.5 Å². The number of rotatable bonds is 6. The van der Waals surface area contributed by atoms with Gasteiger partial charge in [0.1, 0.15) is 6.61 Å². The Balaban J connectivity index is 2.11. The van der Waals surface area contributed by atoms with Crippen LogP contribution >= 0.6 is 0 Å². The molecule has 0 heterocycles. The molecule has 0 unspecified atom stereocenters. The molecule has 0 aromatic heterocycles. The molecule has 0 aliphatic carbocycles.